The lowest BCUT2D eigenvalue weighted by Gasteiger charge is -2.14. The third-order valence-electron chi connectivity index (χ3n) is 3.25. The molecule has 1 aromatic heterocycles. The van der Waals surface area contributed by atoms with Crippen molar-refractivity contribution in [2.24, 2.45) is 0 Å². The molecule has 1 aromatic carbocycles. The maximum atomic E-state index is 12.1. The Morgan fingerprint density at radius 3 is 2.42 bits per heavy atom. The minimum atomic E-state index is -0.600. The van der Waals surface area contributed by atoms with Gasteiger partial charge < -0.3 is 23.4 Å². The molecular formula is C17H18O7. The van der Waals surface area contributed by atoms with Gasteiger partial charge in [0.05, 0.1) is 38.9 Å². The van der Waals surface area contributed by atoms with E-state index in [0.717, 1.165) is 6.08 Å². The summed E-state index contributed by atoms with van der Waals surface area (Å²) in [7, 11) is 4.42. The van der Waals surface area contributed by atoms with Crippen LogP contribution >= 0.6 is 0 Å². The van der Waals surface area contributed by atoms with Gasteiger partial charge in [0.1, 0.15) is 5.58 Å². The first kappa shape index (κ1) is 17.4. The van der Waals surface area contributed by atoms with Gasteiger partial charge in [0.2, 0.25) is 5.75 Å². The monoisotopic (exact) mass is 334 g/mol. The van der Waals surface area contributed by atoms with Crippen LogP contribution in [0.4, 0.5) is 0 Å². The quantitative estimate of drug-likeness (QED) is 0.455. The molecule has 7 nitrogen and oxygen atoms in total. The average molecular weight is 334 g/mol. The normalized spacial score (nSPS) is 10.8. The molecule has 0 spiro atoms. The maximum Gasteiger partial charge on any atom is 0.343 e. The van der Waals surface area contributed by atoms with E-state index in [9.17, 15) is 9.59 Å². The van der Waals surface area contributed by atoms with Crippen molar-refractivity contribution < 1.29 is 28.2 Å². The van der Waals surface area contributed by atoms with Crippen molar-refractivity contribution >= 4 is 23.0 Å². The van der Waals surface area contributed by atoms with E-state index >= 15 is 0 Å². The summed E-state index contributed by atoms with van der Waals surface area (Å²) < 4.78 is 26.0. The third kappa shape index (κ3) is 3.34. The number of hydrogen-bond donors (Lipinski definition) is 0. The van der Waals surface area contributed by atoms with E-state index in [1.165, 1.54) is 33.5 Å². The zero-order valence-electron chi connectivity index (χ0n) is 13.9. The number of hydrogen-bond acceptors (Lipinski definition) is 7. The molecule has 0 aliphatic heterocycles. The van der Waals surface area contributed by atoms with Crippen LogP contribution in [0.3, 0.4) is 0 Å². The van der Waals surface area contributed by atoms with Crippen LogP contribution in [0, 0.1) is 0 Å². The number of methoxy groups -OCH3 is 3. The van der Waals surface area contributed by atoms with Crippen molar-refractivity contribution in [1.29, 1.82) is 0 Å². The second-order valence-electron chi connectivity index (χ2n) is 4.63. The summed E-state index contributed by atoms with van der Waals surface area (Å²) in [4.78, 5) is 23.5. The van der Waals surface area contributed by atoms with Gasteiger partial charge in [0, 0.05) is 12.1 Å². The van der Waals surface area contributed by atoms with Crippen LogP contribution in [-0.4, -0.2) is 33.9 Å². The number of rotatable bonds is 6. The number of esters is 1. The van der Waals surface area contributed by atoms with E-state index in [2.05, 4.69) is 0 Å². The fourth-order valence-electron chi connectivity index (χ4n) is 2.21. The Hall–Kier alpha value is -2.96. The summed E-state index contributed by atoms with van der Waals surface area (Å²) in [5.41, 5.74) is -0.138. The molecule has 1 heterocycles. The van der Waals surface area contributed by atoms with Gasteiger partial charge in [-0.05, 0) is 19.1 Å². The third-order valence-corrected chi connectivity index (χ3v) is 3.25. The van der Waals surface area contributed by atoms with Crippen molar-refractivity contribution in [3.8, 4) is 17.2 Å². The average Bonchev–Trinajstić information content (AvgIpc) is 2.58. The van der Waals surface area contributed by atoms with Crippen LogP contribution in [0.2, 0.25) is 0 Å². The number of carbonyl (C=O) groups excluding carboxylic acids is 1. The second-order valence-corrected chi connectivity index (χ2v) is 4.63. The van der Waals surface area contributed by atoms with Gasteiger partial charge in [-0.1, -0.05) is 0 Å². The van der Waals surface area contributed by atoms with E-state index in [0.29, 0.717) is 22.6 Å². The lowest BCUT2D eigenvalue weighted by Crippen LogP contribution is -2.05. The van der Waals surface area contributed by atoms with Crippen LogP contribution in [0.5, 0.6) is 17.2 Å². The number of carbonyl (C=O) groups is 1. The van der Waals surface area contributed by atoms with Gasteiger partial charge in [-0.25, -0.2) is 9.59 Å². The highest BCUT2D eigenvalue weighted by Gasteiger charge is 2.18. The summed E-state index contributed by atoms with van der Waals surface area (Å²) in [6.07, 6.45) is 2.49. The summed E-state index contributed by atoms with van der Waals surface area (Å²) in [5.74, 6) is 0.569. The summed E-state index contributed by atoms with van der Waals surface area (Å²) >= 11 is 0. The minimum absolute atomic E-state index is 0.182. The largest absolute Gasteiger partial charge is 0.493 e. The molecule has 0 radical (unpaired) electrons. The molecular weight excluding hydrogens is 316 g/mol. The van der Waals surface area contributed by atoms with Crippen molar-refractivity contribution in [1.82, 2.24) is 0 Å². The highest BCUT2D eigenvalue weighted by atomic mass is 16.5. The van der Waals surface area contributed by atoms with E-state index in [4.69, 9.17) is 23.4 Å². The highest BCUT2D eigenvalue weighted by Crippen LogP contribution is 2.43. The Morgan fingerprint density at radius 1 is 1.12 bits per heavy atom. The first-order chi connectivity index (χ1) is 11.5. The summed E-state index contributed by atoms with van der Waals surface area (Å²) in [6.45, 7) is 1.95. The fourth-order valence-corrected chi connectivity index (χ4v) is 2.21. The Bertz CT molecular complexity index is 833. The molecule has 128 valence electrons. The molecule has 0 fully saturated rings. The topological polar surface area (TPSA) is 84.2 Å². The first-order valence-corrected chi connectivity index (χ1v) is 7.17. The molecule has 2 rings (SSSR count). The fraction of sp³-hybridized carbons (Fsp3) is 0.294. The van der Waals surface area contributed by atoms with Crippen molar-refractivity contribution in [2.45, 2.75) is 6.92 Å². The van der Waals surface area contributed by atoms with E-state index in [-0.39, 0.29) is 17.8 Å². The minimum Gasteiger partial charge on any atom is -0.493 e. The predicted octanol–water partition coefficient (Wildman–Crippen LogP) is 2.40. The highest BCUT2D eigenvalue weighted by molar-refractivity contribution is 5.92. The van der Waals surface area contributed by atoms with E-state index in [1.807, 2.05) is 0 Å². The number of fused-ring (bicyclic) bond motifs is 1. The Morgan fingerprint density at radius 2 is 1.83 bits per heavy atom. The SMILES string of the molecule is CCOC(=O)/C=C/c1cc2c(OC)c(OC)c(OC)cc2oc1=O. The molecule has 0 amide bonds. The molecule has 2 aromatic rings. The van der Waals surface area contributed by atoms with Gasteiger partial charge in [-0.3, -0.25) is 0 Å². The van der Waals surface area contributed by atoms with Crippen molar-refractivity contribution in [3.05, 3.63) is 34.2 Å². The van der Waals surface area contributed by atoms with E-state index < -0.39 is 11.6 Å². The Labute approximate surface area is 138 Å². The van der Waals surface area contributed by atoms with Gasteiger partial charge in [0.15, 0.2) is 11.5 Å². The second kappa shape index (κ2) is 7.54. The standard InChI is InChI=1S/C17H18O7/c1-5-23-14(18)7-6-10-8-11-12(24-17(10)19)9-13(20-2)16(22-4)15(11)21-3/h6-9H,5H2,1-4H3/b7-6+. The van der Waals surface area contributed by atoms with Crippen molar-refractivity contribution in [2.75, 3.05) is 27.9 Å². The van der Waals surface area contributed by atoms with Crippen LogP contribution in [-0.2, 0) is 9.53 Å². The first-order valence-electron chi connectivity index (χ1n) is 7.17. The van der Waals surface area contributed by atoms with Crippen molar-refractivity contribution in [3.63, 3.8) is 0 Å². The number of benzene rings is 1. The smallest absolute Gasteiger partial charge is 0.343 e. The van der Waals surface area contributed by atoms with Crippen LogP contribution in [0.1, 0.15) is 12.5 Å². The molecule has 0 N–H and O–H groups in total. The van der Waals surface area contributed by atoms with Gasteiger partial charge >= 0.3 is 11.6 Å². The summed E-state index contributed by atoms with van der Waals surface area (Å²) in [6, 6.07) is 3.09. The lowest BCUT2D eigenvalue weighted by atomic mass is 10.1. The molecule has 0 saturated heterocycles. The molecule has 0 unspecified atom stereocenters. The number of ether oxygens (including phenoxy) is 4. The molecule has 0 aliphatic rings. The Balaban J connectivity index is 2.63. The van der Waals surface area contributed by atoms with Gasteiger partial charge in [-0.2, -0.15) is 0 Å². The zero-order valence-corrected chi connectivity index (χ0v) is 13.9. The molecule has 0 saturated carbocycles. The molecule has 24 heavy (non-hydrogen) atoms. The van der Waals surface area contributed by atoms with Gasteiger partial charge in [-0.15, -0.1) is 0 Å². The van der Waals surface area contributed by atoms with E-state index in [1.54, 1.807) is 13.0 Å². The molecule has 7 heteroatoms. The molecule has 0 aliphatic carbocycles. The van der Waals surface area contributed by atoms with Crippen LogP contribution in [0.25, 0.3) is 17.0 Å². The zero-order chi connectivity index (χ0) is 17.7. The maximum absolute atomic E-state index is 12.1. The van der Waals surface area contributed by atoms with Crippen LogP contribution < -0.4 is 19.8 Å². The molecule has 0 bridgehead atoms. The van der Waals surface area contributed by atoms with Gasteiger partial charge in [0.25, 0.3) is 0 Å². The summed E-state index contributed by atoms with van der Waals surface area (Å²) in [5, 5.41) is 0.512. The van der Waals surface area contributed by atoms with Crippen LogP contribution in [0.15, 0.2) is 27.4 Å². The lowest BCUT2D eigenvalue weighted by molar-refractivity contribution is -0.137. The predicted molar refractivity (Wildman–Crippen MR) is 87.8 cm³/mol. The Kier molecular flexibility index (Phi) is 5.47. The molecule has 0 atom stereocenters.